The van der Waals surface area contributed by atoms with E-state index in [0.29, 0.717) is 0 Å². The van der Waals surface area contributed by atoms with Crippen molar-refractivity contribution >= 4 is 35.9 Å². The molecular weight excluding hydrogens is 300 g/mol. The van der Waals surface area contributed by atoms with Gasteiger partial charge < -0.3 is 9.84 Å². The van der Waals surface area contributed by atoms with Crippen LogP contribution in [0.3, 0.4) is 0 Å². The van der Waals surface area contributed by atoms with E-state index in [4.69, 9.17) is 4.74 Å². The van der Waals surface area contributed by atoms with Gasteiger partial charge in [-0.3, -0.25) is 19.8 Å². The summed E-state index contributed by atoms with van der Waals surface area (Å²) in [6.07, 6.45) is -1.29. The molecule has 21 heavy (non-hydrogen) atoms. The van der Waals surface area contributed by atoms with Crippen LogP contribution in [-0.2, 0) is 9.53 Å². The van der Waals surface area contributed by atoms with E-state index in [1.54, 1.807) is 0 Å². The number of ketones is 1. The van der Waals surface area contributed by atoms with Crippen LogP contribution in [0.5, 0.6) is 0 Å². The first-order valence-electron chi connectivity index (χ1n) is 5.88. The molecule has 0 bridgehead atoms. The van der Waals surface area contributed by atoms with Crippen LogP contribution in [0.15, 0.2) is 23.1 Å². The van der Waals surface area contributed by atoms with Gasteiger partial charge in [-0.15, -0.1) is 12.6 Å². The molecule has 0 unspecified atom stereocenters. The van der Waals surface area contributed by atoms with Crippen LogP contribution in [0.1, 0.15) is 6.92 Å². The first-order valence-corrected chi connectivity index (χ1v) is 6.32. The highest BCUT2D eigenvalue weighted by molar-refractivity contribution is 7.80. The van der Waals surface area contributed by atoms with Crippen molar-refractivity contribution in [2.24, 2.45) is 0 Å². The van der Waals surface area contributed by atoms with Crippen molar-refractivity contribution in [2.45, 2.75) is 11.8 Å². The van der Waals surface area contributed by atoms with E-state index >= 15 is 0 Å². The molecule has 1 N–H and O–H groups in total. The van der Waals surface area contributed by atoms with Gasteiger partial charge >= 0.3 is 6.09 Å². The highest BCUT2D eigenvalue weighted by atomic mass is 32.1. The predicted octanol–water partition coefficient (Wildman–Crippen LogP) is 1.97. The second-order valence-electron chi connectivity index (χ2n) is 4.12. The summed E-state index contributed by atoms with van der Waals surface area (Å²) in [6.45, 7) is 1.15. The molecule has 0 heterocycles. The van der Waals surface area contributed by atoms with Gasteiger partial charge in [-0.25, -0.2) is 4.79 Å². The van der Waals surface area contributed by atoms with Gasteiger partial charge in [0.2, 0.25) is 0 Å². The number of thiol groups is 1. The van der Waals surface area contributed by atoms with E-state index in [9.17, 15) is 24.8 Å². The topological polar surface area (TPSA) is 110 Å². The zero-order valence-electron chi connectivity index (χ0n) is 11.2. The Bertz CT molecular complexity index is 563. The number of benzene rings is 1. The Morgan fingerprint density at radius 3 is 2.67 bits per heavy atom. The third-order valence-electron chi connectivity index (χ3n) is 2.46. The number of nitro benzene ring substituents is 1. The normalized spacial score (nSPS) is 10.2. The first kappa shape index (κ1) is 16.9. The molecule has 0 atom stereocenters. The van der Waals surface area contributed by atoms with Crippen molar-refractivity contribution in [3.63, 3.8) is 0 Å². The lowest BCUT2D eigenvalue weighted by molar-refractivity contribution is -0.384. The molecule has 0 fully saturated rings. The largest absolute Gasteiger partial charge is 0.465 e. The third kappa shape index (κ3) is 5.04. The number of carbonyl (C=O) groups excluding carboxylic acids is 1. The number of Topliss-reactive ketones (excluding diaryl/α,β-unsaturated/α-hetero) is 1. The monoisotopic (exact) mass is 314 g/mol. The Balaban J connectivity index is 2.90. The molecule has 8 nitrogen and oxygen atoms in total. The number of hydrogen-bond donors (Lipinski definition) is 2. The smallest absolute Gasteiger partial charge is 0.411 e. The zero-order valence-corrected chi connectivity index (χ0v) is 12.1. The summed E-state index contributed by atoms with van der Waals surface area (Å²) < 4.78 is 5.00. The predicted molar refractivity (Wildman–Crippen MR) is 77.2 cm³/mol. The van der Waals surface area contributed by atoms with Crippen LogP contribution in [-0.4, -0.2) is 41.7 Å². The number of amides is 1. The van der Waals surface area contributed by atoms with Crippen LogP contribution < -0.4 is 4.90 Å². The van der Waals surface area contributed by atoms with E-state index < -0.39 is 11.0 Å². The molecule has 0 saturated carbocycles. The number of carboxylic acid groups (broad SMARTS) is 1. The van der Waals surface area contributed by atoms with Gasteiger partial charge in [-0.05, 0) is 13.0 Å². The minimum absolute atomic E-state index is 0.0121. The molecule has 0 aromatic heterocycles. The molecule has 0 radical (unpaired) electrons. The lowest BCUT2D eigenvalue weighted by Crippen LogP contribution is -2.33. The van der Waals surface area contributed by atoms with Crippen molar-refractivity contribution in [1.29, 1.82) is 0 Å². The van der Waals surface area contributed by atoms with Gasteiger partial charge in [0.15, 0.2) is 5.78 Å². The average molecular weight is 314 g/mol. The first-order chi connectivity index (χ1) is 9.82. The summed E-state index contributed by atoms with van der Waals surface area (Å²) in [4.78, 5) is 33.3. The van der Waals surface area contributed by atoms with E-state index in [-0.39, 0.29) is 41.8 Å². The van der Waals surface area contributed by atoms with Gasteiger partial charge in [-0.1, -0.05) is 0 Å². The van der Waals surface area contributed by atoms with Crippen LogP contribution in [0.25, 0.3) is 0 Å². The van der Waals surface area contributed by atoms with Crippen LogP contribution in [0, 0.1) is 10.1 Å². The number of rotatable bonds is 7. The highest BCUT2D eigenvalue weighted by Crippen LogP contribution is 2.28. The van der Waals surface area contributed by atoms with Crippen LogP contribution in [0.4, 0.5) is 16.2 Å². The summed E-state index contributed by atoms with van der Waals surface area (Å²) in [7, 11) is 0. The number of nitrogens with zero attached hydrogens (tertiary/aromatic N) is 2. The highest BCUT2D eigenvalue weighted by Gasteiger charge is 2.20. The number of nitro groups is 1. The molecule has 114 valence electrons. The number of non-ortho nitro benzene ring substituents is 1. The lowest BCUT2D eigenvalue weighted by Gasteiger charge is -2.20. The lowest BCUT2D eigenvalue weighted by atomic mass is 10.2. The molecule has 1 aromatic rings. The van der Waals surface area contributed by atoms with Crippen molar-refractivity contribution in [2.75, 3.05) is 24.7 Å². The quantitative estimate of drug-likeness (QED) is 0.344. The summed E-state index contributed by atoms with van der Waals surface area (Å²) in [5.41, 5.74) is -0.148. The van der Waals surface area contributed by atoms with Crippen molar-refractivity contribution < 1.29 is 24.4 Å². The molecule has 1 aromatic carbocycles. The second kappa shape index (κ2) is 7.60. The fourth-order valence-electron chi connectivity index (χ4n) is 1.53. The standard InChI is InChI=1S/C12H14N2O6S/c1-8(15)7-20-5-4-13(12(16)17)10-6-9(14(18)19)2-3-11(10)21/h2-3,6,21H,4-5,7H2,1H3,(H,16,17). The van der Waals surface area contributed by atoms with Crippen LogP contribution in [0.2, 0.25) is 0 Å². The van der Waals surface area contributed by atoms with Crippen molar-refractivity contribution in [3.8, 4) is 0 Å². The summed E-state index contributed by atoms with van der Waals surface area (Å²) in [5.74, 6) is -0.179. The summed E-state index contributed by atoms with van der Waals surface area (Å²) in [6, 6.07) is 3.71. The maximum absolute atomic E-state index is 11.3. The molecule has 0 aliphatic heterocycles. The number of anilines is 1. The van der Waals surface area contributed by atoms with E-state index in [0.717, 1.165) is 11.0 Å². The summed E-state index contributed by atoms with van der Waals surface area (Å²) >= 11 is 4.10. The molecular formula is C12H14N2O6S. The van der Waals surface area contributed by atoms with Crippen LogP contribution >= 0.6 is 12.6 Å². The maximum atomic E-state index is 11.3. The van der Waals surface area contributed by atoms with Crippen molar-refractivity contribution in [3.05, 3.63) is 28.3 Å². The fourth-order valence-corrected chi connectivity index (χ4v) is 1.79. The Hall–Kier alpha value is -2.13. The minimum Gasteiger partial charge on any atom is -0.465 e. The molecule has 1 amide bonds. The molecule has 0 saturated heterocycles. The van der Waals surface area contributed by atoms with Gasteiger partial charge in [0, 0.05) is 17.0 Å². The summed E-state index contributed by atoms with van der Waals surface area (Å²) in [5, 5.41) is 19.9. The Labute approximate surface area is 125 Å². The van der Waals surface area contributed by atoms with E-state index in [1.165, 1.54) is 19.1 Å². The van der Waals surface area contributed by atoms with Gasteiger partial charge in [0.05, 0.1) is 23.8 Å². The third-order valence-corrected chi connectivity index (χ3v) is 2.83. The fraction of sp³-hybridized carbons (Fsp3) is 0.333. The molecule has 0 aliphatic rings. The van der Waals surface area contributed by atoms with E-state index in [1.807, 2.05) is 0 Å². The average Bonchev–Trinajstić information content (AvgIpc) is 2.39. The zero-order chi connectivity index (χ0) is 16.0. The Morgan fingerprint density at radius 1 is 1.48 bits per heavy atom. The molecule has 1 rings (SSSR count). The van der Waals surface area contributed by atoms with E-state index in [2.05, 4.69) is 12.6 Å². The molecule has 0 spiro atoms. The van der Waals surface area contributed by atoms with Gasteiger partial charge in [-0.2, -0.15) is 0 Å². The Kier molecular flexibility index (Phi) is 6.12. The minimum atomic E-state index is -1.29. The van der Waals surface area contributed by atoms with Gasteiger partial charge in [0.1, 0.15) is 6.61 Å². The number of carbonyl (C=O) groups is 2. The van der Waals surface area contributed by atoms with Crippen molar-refractivity contribution in [1.82, 2.24) is 0 Å². The van der Waals surface area contributed by atoms with Gasteiger partial charge in [0.25, 0.3) is 5.69 Å². The molecule has 9 heteroatoms. The second-order valence-corrected chi connectivity index (χ2v) is 4.60. The Morgan fingerprint density at radius 2 is 2.14 bits per heavy atom. The number of ether oxygens (including phenoxy) is 1. The maximum Gasteiger partial charge on any atom is 0.411 e. The SMILES string of the molecule is CC(=O)COCCN(C(=O)O)c1cc([N+](=O)[O-])ccc1S. The molecule has 0 aliphatic carbocycles. The number of hydrogen-bond acceptors (Lipinski definition) is 6.